The number of imidazole rings is 1. The quantitative estimate of drug-likeness (QED) is 0.697. The highest BCUT2D eigenvalue weighted by molar-refractivity contribution is 5.95. The average molecular weight is 406 g/mol. The van der Waals surface area contributed by atoms with Gasteiger partial charge in [-0.15, -0.1) is 0 Å². The van der Waals surface area contributed by atoms with Crippen molar-refractivity contribution in [1.82, 2.24) is 19.3 Å². The van der Waals surface area contributed by atoms with Crippen molar-refractivity contribution in [2.45, 2.75) is 50.5 Å². The Kier molecular flexibility index (Phi) is 4.50. The lowest BCUT2D eigenvalue weighted by Gasteiger charge is -2.40. The van der Waals surface area contributed by atoms with Crippen molar-refractivity contribution in [3.05, 3.63) is 48.0 Å². The minimum atomic E-state index is -0.633. The van der Waals surface area contributed by atoms with Gasteiger partial charge in [0.2, 0.25) is 0 Å². The maximum absolute atomic E-state index is 12.8. The van der Waals surface area contributed by atoms with Crippen LogP contribution in [0, 0.1) is 0 Å². The molecule has 3 heterocycles. The number of carbonyl (C=O) groups excluding carboxylic acids is 1. The van der Waals surface area contributed by atoms with Crippen molar-refractivity contribution in [2.75, 3.05) is 18.8 Å². The molecule has 1 saturated carbocycles. The first-order valence-electron chi connectivity index (χ1n) is 10.7. The molecule has 0 spiro atoms. The Bertz CT molecular complexity index is 1090. The molecule has 1 aliphatic heterocycles. The number of likely N-dealkylation sites (tertiary alicyclic amines) is 1. The fraction of sp³-hybridized carbons (Fsp3) is 0.435. The van der Waals surface area contributed by atoms with Gasteiger partial charge < -0.3 is 15.7 Å². The topological polar surface area (TPSA) is 96.8 Å². The van der Waals surface area contributed by atoms with Crippen molar-refractivity contribution >= 4 is 17.2 Å². The summed E-state index contributed by atoms with van der Waals surface area (Å²) in [6.45, 7) is 3.53. The van der Waals surface area contributed by atoms with E-state index in [0.717, 1.165) is 48.5 Å². The smallest absolute Gasteiger partial charge is 0.253 e. The molecule has 2 aromatic heterocycles. The summed E-state index contributed by atoms with van der Waals surface area (Å²) in [6, 6.07) is 7.62. The van der Waals surface area contributed by atoms with Crippen molar-refractivity contribution in [3.8, 4) is 11.3 Å². The molecule has 2 fully saturated rings. The van der Waals surface area contributed by atoms with Crippen molar-refractivity contribution in [2.24, 2.45) is 0 Å². The minimum absolute atomic E-state index is 0.0921. The number of piperidine rings is 1. The summed E-state index contributed by atoms with van der Waals surface area (Å²) < 4.78 is 1.99. The molecule has 0 bridgehead atoms. The first-order valence-corrected chi connectivity index (χ1v) is 10.7. The largest absolute Gasteiger partial charge is 0.390 e. The van der Waals surface area contributed by atoms with Crippen LogP contribution in [-0.4, -0.2) is 49.0 Å². The number of amides is 1. The summed E-state index contributed by atoms with van der Waals surface area (Å²) in [5.41, 5.74) is 8.72. The molecule has 0 unspecified atom stereocenters. The highest BCUT2D eigenvalue weighted by atomic mass is 16.3. The zero-order valence-electron chi connectivity index (χ0n) is 17.2. The number of benzene rings is 1. The van der Waals surface area contributed by atoms with E-state index in [1.165, 1.54) is 6.42 Å². The third kappa shape index (κ3) is 3.23. The Balaban J connectivity index is 1.49. The molecule has 7 nitrogen and oxygen atoms in total. The molecule has 1 amide bonds. The van der Waals surface area contributed by atoms with Gasteiger partial charge in [0, 0.05) is 42.5 Å². The van der Waals surface area contributed by atoms with Crippen LogP contribution in [0.2, 0.25) is 0 Å². The Morgan fingerprint density at radius 2 is 1.87 bits per heavy atom. The number of aliphatic hydroxyl groups is 1. The normalized spacial score (nSPS) is 24.1. The van der Waals surface area contributed by atoms with Crippen LogP contribution >= 0.6 is 0 Å². The number of nitrogens with two attached hydrogens (primary N) is 1. The number of aromatic nitrogens is 3. The number of hydrogen-bond donors (Lipinski definition) is 2. The maximum Gasteiger partial charge on any atom is 0.253 e. The van der Waals surface area contributed by atoms with E-state index in [9.17, 15) is 9.90 Å². The highest BCUT2D eigenvalue weighted by Gasteiger charge is 2.41. The van der Waals surface area contributed by atoms with Crippen molar-refractivity contribution in [3.63, 3.8) is 0 Å². The molecule has 3 aromatic rings. The molecule has 0 atom stereocenters. The predicted octanol–water partition coefficient (Wildman–Crippen LogP) is 3.23. The summed E-state index contributed by atoms with van der Waals surface area (Å²) >= 11 is 0. The maximum atomic E-state index is 12.8. The highest BCUT2D eigenvalue weighted by Crippen LogP contribution is 2.45. The van der Waals surface area contributed by atoms with E-state index in [1.807, 2.05) is 46.7 Å². The Labute approximate surface area is 175 Å². The second kappa shape index (κ2) is 7.09. The molecule has 0 radical (unpaired) electrons. The fourth-order valence-corrected chi connectivity index (χ4v) is 4.81. The molecule has 5 rings (SSSR count). The zero-order valence-corrected chi connectivity index (χ0v) is 17.2. The van der Waals surface area contributed by atoms with Gasteiger partial charge in [-0.1, -0.05) is 12.1 Å². The first-order chi connectivity index (χ1) is 14.4. The van der Waals surface area contributed by atoms with Crippen LogP contribution < -0.4 is 5.73 Å². The number of anilines is 1. The molecule has 156 valence electrons. The molecular weight excluding hydrogens is 378 g/mol. The monoisotopic (exact) mass is 405 g/mol. The van der Waals surface area contributed by atoms with Crippen LogP contribution in [0.25, 0.3) is 16.8 Å². The lowest BCUT2D eigenvalue weighted by atomic mass is 9.72. The summed E-state index contributed by atoms with van der Waals surface area (Å²) in [6.07, 6.45) is 8.26. The van der Waals surface area contributed by atoms with Gasteiger partial charge >= 0.3 is 0 Å². The van der Waals surface area contributed by atoms with Gasteiger partial charge in [-0.2, -0.15) is 0 Å². The third-order valence-corrected chi connectivity index (χ3v) is 6.40. The second-order valence-electron chi connectivity index (χ2n) is 8.88. The van der Waals surface area contributed by atoms with E-state index in [0.29, 0.717) is 24.2 Å². The summed E-state index contributed by atoms with van der Waals surface area (Å²) in [7, 11) is 0. The molecule has 3 N–H and O–H groups in total. The molecule has 30 heavy (non-hydrogen) atoms. The number of carbonyl (C=O) groups is 1. The Morgan fingerprint density at radius 3 is 2.53 bits per heavy atom. The van der Waals surface area contributed by atoms with Gasteiger partial charge in [0.15, 0.2) is 0 Å². The van der Waals surface area contributed by atoms with Gasteiger partial charge in [0.05, 0.1) is 5.60 Å². The summed E-state index contributed by atoms with van der Waals surface area (Å²) in [5.74, 6) is 1.59. The number of hydrogen-bond acceptors (Lipinski definition) is 5. The van der Waals surface area contributed by atoms with Crippen LogP contribution in [0.4, 0.5) is 5.82 Å². The second-order valence-corrected chi connectivity index (χ2v) is 8.88. The van der Waals surface area contributed by atoms with Crippen LogP contribution in [0.1, 0.15) is 61.1 Å². The number of fused-ring (bicyclic) bond motifs is 1. The van der Waals surface area contributed by atoms with E-state index in [2.05, 4.69) is 4.98 Å². The summed E-state index contributed by atoms with van der Waals surface area (Å²) in [5, 5.41) is 10.2. The summed E-state index contributed by atoms with van der Waals surface area (Å²) in [4.78, 5) is 23.9. The molecule has 1 saturated heterocycles. The third-order valence-electron chi connectivity index (χ3n) is 6.40. The van der Waals surface area contributed by atoms with Gasteiger partial charge in [-0.25, -0.2) is 9.97 Å². The molecule has 1 aromatic carbocycles. The first kappa shape index (κ1) is 19.1. The van der Waals surface area contributed by atoms with Gasteiger partial charge in [-0.3, -0.25) is 9.20 Å². The van der Waals surface area contributed by atoms with E-state index >= 15 is 0 Å². The van der Waals surface area contributed by atoms with Gasteiger partial charge in [-0.05, 0) is 51.2 Å². The van der Waals surface area contributed by atoms with Crippen LogP contribution in [0.15, 0.2) is 36.7 Å². The number of rotatable bonds is 3. The van der Waals surface area contributed by atoms with Crippen LogP contribution in [0.5, 0.6) is 0 Å². The van der Waals surface area contributed by atoms with E-state index in [4.69, 9.17) is 10.7 Å². The van der Waals surface area contributed by atoms with Crippen LogP contribution in [-0.2, 0) is 0 Å². The number of nitrogens with zero attached hydrogens (tertiary/aromatic N) is 4. The SMILES string of the molecule is C[C@]1(O)C[C@@H](c2nc(-c3ccc(C(=O)N4CCCCC4)cc3)c3c(N)nccn32)C1. The Hall–Kier alpha value is -2.93. The average Bonchev–Trinajstić information content (AvgIpc) is 3.13. The van der Waals surface area contributed by atoms with Gasteiger partial charge in [0.1, 0.15) is 22.9 Å². The molecule has 2 aliphatic rings. The zero-order chi connectivity index (χ0) is 20.9. The predicted molar refractivity (Wildman–Crippen MR) is 115 cm³/mol. The van der Waals surface area contributed by atoms with Crippen molar-refractivity contribution < 1.29 is 9.90 Å². The van der Waals surface area contributed by atoms with E-state index in [-0.39, 0.29) is 11.8 Å². The molecule has 7 heteroatoms. The van der Waals surface area contributed by atoms with Gasteiger partial charge in [0.25, 0.3) is 5.91 Å². The lowest BCUT2D eigenvalue weighted by Crippen LogP contribution is -2.40. The lowest BCUT2D eigenvalue weighted by molar-refractivity contribution is -0.0335. The van der Waals surface area contributed by atoms with E-state index < -0.39 is 5.60 Å². The van der Waals surface area contributed by atoms with Crippen molar-refractivity contribution in [1.29, 1.82) is 0 Å². The number of nitrogen functional groups attached to an aromatic ring is 1. The Morgan fingerprint density at radius 1 is 1.17 bits per heavy atom. The van der Waals surface area contributed by atoms with E-state index in [1.54, 1.807) is 6.20 Å². The molecular formula is C23H27N5O2. The minimum Gasteiger partial charge on any atom is -0.390 e. The standard InChI is InChI=1S/C23H27N5O2/c1-23(30)13-17(14-23)21-26-18(19-20(24)25-9-12-28(19)21)15-5-7-16(8-6-15)22(29)27-10-3-2-4-11-27/h5-9,12,17,30H,2-4,10-11,13-14H2,1H3,(H2,24,25)/t17-,23+. The van der Waals surface area contributed by atoms with Crippen LogP contribution in [0.3, 0.4) is 0 Å². The molecule has 1 aliphatic carbocycles. The fourth-order valence-electron chi connectivity index (χ4n) is 4.81.